The summed E-state index contributed by atoms with van der Waals surface area (Å²) in [7, 11) is 0. The van der Waals surface area contributed by atoms with E-state index in [1.165, 1.54) is 12.8 Å². The van der Waals surface area contributed by atoms with Crippen LogP contribution in [0.15, 0.2) is 10.4 Å². The Labute approximate surface area is 156 Å². The second kappa shape index (κ2) is 11.2. The van der Waals surface area contributed by atoms with Crippen LogP contribution in [0.2, 0.25) is 0 Å². The Kier molecular flexibility index (Phi) is 11.0. The molecule has 0 bridgehead atoms. The number of thiazole rings is 1. The molecule has 128 valence electrons. The molecule has 1 rings (SSSR count). The van der Waals surface area contributed by atoms with Gasteiger partial charge in [-0.3, -0.25) is 0 Å². The topological polar surface area (TPSA) is 63.3 Å². The van der Waals surface area contributed by atoms with E-state index in [0.717, 1.165) is 23.0 Å². The van der Waals surface area contributed by atoms with Crippen LogP contribution in [-0.4, -0.2) is 17.0 Å². The third kappa shape index (κ3) is 8.92. The molecule has 1 unspecified atom stereocenters. The quantitative estimate of drug-likeness (QED) is 0.357. The van der Waals surface area contributed by atoms with Gasteiger partial charge < -0.3 is 11.1 Å². The average molecular weight is 438 g/mol. The van der Waals surface area contributed by atoms with Gasteiger partial charge in [-0.25, -0.2) is 9.98 Å². The lowest BCUT2D eigenvalue weighted by Gasteiger charge is -2.14. The molecule has 0 aliphatic carbocycles. The van der Waals surface area contributed by atoms with E-state index in [0.29, 0.717) is 24.5 Å². The number of halogens is 1. The first-order valence-electron chi connectivity index (χ1n) is 7.89. The number of nitrogens with two attached hydrogens (primary N) is 1. The summed E-state index contributed by atoms with van der Waals surface area (Å²) in [6.45, 7) is 11.5. The number of guanidine groups is 1. The highest BCUT2D eigenvalue weighted by atomic mass is 127. The van der Waals surface area contributed by atoms with Gasteiger partial charge in [-0.15, -0.1) is 35.3 Å². The van der Waals surface area contributed by atoms with Crippen molar-refractivity contribution in [1.29, 1.82) is 0 Å². The van der Waals surface area contributed by atoms with E-state index in [2.05, 4.69) is 55.3 Å². The highest BCUT2D eigenvalue weighted by Crippen LogP contribution is 2.18. The summed E-state index contributed by atoms with van der Waals surface area (Å²) < 4.78 is 0. The van der Waals surface area contributed by atoms with Gasteiger partial charge in [0, 0.05) is 11.4 Å². The number of aromatic nitrogens is 1. The van der Waals surface area contributed by atoms with Crippen molar-refractivity contribution in [3.05, 3.63) is 16.1 Å². The van der Waals surface area contributed by atoms with Crippen molar-refractivity contribution >= 4 is 41.3 Å². The summed E-state index contributed by atoms with van der Waals surface area (Å²) in [5.41, 5.74) is 7.07. The van der Waals surface area contributed by atoms with Crippen molar-refractivity contribution in [3.8, 4) is 0 Å². The third-order valence-electron chi connectivity index (χ3n) is 3.36. The lowest BCUT2D eigenvalue weighted by atomic mass is 10.0. The van der Waals surface area contributed by atoms with Gasteiger partial charge in [0.2, 0.25) is 0 Å². The predicted octanol–water partition coefficient (Wildman–Crippen LogP) is 4.50. The molecule has 1 atom stereocenters. The van der Waals surface area contributed by atoms with Crippen molar-refractivity contribution in [2.75, 3.05) is 0 Å². The zero-order chi connectivity index (χ0) is 15.8. The molecular formula is C16H31IN4S. The monoisotopic (exact) mass is 438 g/mol. The van der Waals surface area contributed by atoms with Crippen LogP contribution in [0.5, 0.6) is 0 Å². The number of rotatable bonds is 8. The second-order valence-corrected chi connectivity index (χ2v) is 7.34. The fourth-order valence-corrected chi connectivity index (χ4v) is 2.90. The predicted molar refractivity (Wildman–Crippen MR) is 108 cm³/mol. The molecule has 1 heterocycles. The van der Waals surface area contributed by atoms with Gasteiger partial charge in [-0.05, 0) is 25.2 Å². The number of hydrogen-bond acceptors (Lipinski definition) is 3. The Balaban J connectivity index is 0.00000441. The van der Waals surface area contributed by atoms with Gasteiger partial charge in [0.15, 0.2) is 5.96 Å². The Morgan fingerprint density at radius 2 is 1.95 bits per heavy atom. The van der Waals surface area contributed by atoms with Crippen molar-refractivity contribution in [2.24, 2.45) is 16.6 Å². The van der Waals surface area contributed by atoms with Crippen LogP contribution in [-0.2, 0) is 6.54 Å². The number of hydrogen-bond donors (Lipinski definition) is 2. The molecule has 0 amide bonds. The molecule has 3 N–H and O–H groups in total. The van der Waals surface area contributed by atoms with Gasteiger partial charge in [-0.2, -0.15) is 0 Å². The molecule has 1 aromatic rings. The Morgan fingerprint density at radius 1 is 1.27 bits per heavy atom. The molecule has 0 aromatic carbocycles. The van der Waals surface area contributed by atoms with Gasteiger partial charge in [0.25, 0.3) is 0 Å². The van der Waals surface area contributed by atoms with Crippen molar-refractivity contribution in [1.82, 2.24) is 10.3 Å². The van der Waals surface area contributed by atoms with Crippen LogP contribution in [0.25, 0.3) is 0 Å². The van der Waals surface area contributed by atoms with Gasteiger partial charge in [0.05, 0.1) is 12.2 Å². The largest absolute Gasteiger partial charge is 0.370 e. The van der Waals surface area contributed by atoms with E-state index >= 15 is 0 Å². The maximum Gasteiger partial charge on any atom is 0.189 e. The molecule has 0 saturated carbocycles. The van der Waals surface area contributed by atoms with Crippen molar-refractivity contribution in [2.45, 2.75) is 72.4 Å². The van der Waals surface area contributed by atoms with Crippen LogP contribution in [0.4, 0.5) is 0 Å². The molecule has 0 saturated heterocycles. The van der Waals surface area contributed by atoms with Crippen LogP contribution in [0, 0.1) is 5.92 Å². The number of nitrogens with one attached hydrogen (secondary N) is 1. The van der Waals surface area contributed by atoms with Crippen LogP contribution >= 0.6 is 35.3 Å². The Bertz CT molecular complexity index is 443. The molecule has 0 aliphatic heterocycles. The minimum absolute atomic E-state index is 0. The zero-order valence-electron chi connectivity index (χ0n) is 14.4. The number of nitrogens with zero attached hydrogens (tertiary/aromatic N) is 2. The second-order valence-electron chi connectivity index (χ2n) is 6.39. The van der Waals surface area contributed by atoms with E-state index in [9.17, 15) is 0 Å². The highest BCUT2D eigenvalue weighted by molar-refractivity contribution is 14.0. The molecular weight excluding hydrogens is 407 g/mol. The van der Waals surface area contributed by atoms with Crippen LogP contribution in [0.1, 0.15) is 70.5 Å². The lowest BCUT2D eigenvalue weighted by Crippen LogP contribution is -2.38. The van der Waals surface area contributed by atoms with Gasteiger partial charge >= 0.3 is 0 Å². The summed E-state index contributed by atoms with van der Waals surface area (Å²) in [5.74, 6) is 1.76. The Hall–Kier alpha value is -0.370. The van der Waals surface area contributed by atoms with E-state index < -0.39 is 0 Å². The van der Waals surface area contributed by atoms with Gasteiger partial charge in [0.1, 0.15) is 5.01 Å². The first-order chi connectivity index (χ1) is 9.88. The fourth-order valence-electron chi connectivity index (χ4n) is 2.02. The normalized spacial score (nSPS) is 13.3. The molecule has 22 heavy (non-hydrogen) atoms. The van der Waals surface area contributed by atoms with E-state index in [1.807, 2.05) is 0 Å². The van der Waals surface area contributed by atoms with E-state index in [4.69, 9.17) is 5.73 Å². The van der Waals surface area contributed by atoms with E-state index in [-0.39, 0.29) is 24.0 Å². The Morgan fingerprint density at radius 3 is 2.50 bits per heavy atom. The fraction of sp³-hybridized carbons (Fsp3) is 0.750. The molecule has 1 aromatic heterocycles. The van der Waals surface area contributed by atoms with Crippen molar-refractivity contribution < 1.29 is 0 Å². The minimum Gasteiger partial charge on any atom is -0.370 e. The SMILES string of the molecule is CC(C)CCCC(C)NC(N)=NCc1nc(C(C)C)cs1.I. The van der Waals surface area contributed by atoms with Crippen molar-refractivity contribution in [3.63, 3.8) is 0 Å². The summed E-state index contributed by atoms with van der Waals surface area (Å²) in [6.07, 6.45) is 3.62. The molecule has 6 heteroatoms. The first kappa shape index (κ1) is 21.6. The lowest BCUT2D eigenvalue weighted by molar-refractivity contribution is 0.493. The van der Waals surface area contributed by atoms with Gasteiger partial charge in [-0.1, -0.05) is 40.5 Å². The molecule has 0 fully saturated rings. The maximum atomic E-state index is 5.94. The van der Waals surface area contributed by atoms with E-state index in [1.54, 1.807) is 11.3 Å². The standard InChI is InChI=1S/C16H30N4S.HI/c1-11(2)7-6-8-13(5)19-16(17)18-9-15-20-14(10-21-15)12(3)4;/h10-13H,6-9H2,1-5H3,(H3,17,18,19);1H. The average Bonchev–Trinajstić information content (AvgIpc) is 2.84. The number of aliphatic imine (C=N–C) groups is 1. The summed E-state index contributed by atoms with van der Waals surface area (Å²) >= 11 is 1.65. The summed E-state index contributed by atoms with van der Waals surface area (Å²) in [4.78, 5) is 8.94. The van der Waals surface area contributed by atoms with Crippen LogP contribution in [0.3, 0.4) is 0 Å². The highest BCUT2D eigenvalue weighted by Gasteiger charge is 2.06. The molecule has 4 nitrogen and oxygen atoms in total. The minimum atomic E-state index is 0. The first-order valence-corrected chi connectivity index (χ1v) is 8.77. The molecule has 0 spiro atoms. The maximum absolute atomic E-state index is 5.94. The molecule has 0 aliphatic rings. The van der Waals surface area contributed by atoms with Crippen LogP contribution < -0.4 is 11.1 Å². The summed E-state index contributed by atoms with van der Waals surface area (Å²) in [6, 6.07) is 0.370. The smallest absolute Gasteiger partial charge is 0.189 e. The summed E-state index contributed by atoms with van der Waals surface area (Å²) in [5, 5.41) is 6.39. The molecule has 0 radical (unpaired) electrons. The zero-order valence-corrected chi connectivity index (χ0v) is 17.6. The third-order valence-corrected chi connectivity index (χ3v) is 4.21.